The highest BCUT2D eigenvalue weighted by molar-refractivity contribution is 5.72. The van der Waals surface area contributed by atoms with Crippen LogP contribution in [-0.2, 0) is 0 Å². The predicted octanol–water partition coefficient (Wildman–Crippen LogP) is 1.50. The molecule has 0 spiro atoms. The molecular formula is C10H12N4. The van der Waals surface area contributed by atoms with Gasteiger partial charge in [0.25, 0.3) is 0 Å². The molecule has 0 amide bonds. The highest BCUT2D eigenvalue weighted by Crippen LogP contribution is 2.00. The second kappa shape index (κ2) is 7.57. The minimum Gasteiger partial charge on any atom is -0.374 e. The van der Waals surface area contributed by atoms with Crippen LogP contribution in [0.3, 0.4) is 0 Å². The molecule has 0 rings (SSSR count). The van der Waals surface area contributed by atoms with Gasteiger partial charge in [-0.25, -0.2) is 4.99 Å². The second-order valence-electron chi connectivity index (χ2n) is 2.28. The molecule has 4 nitrogen and oxygen atoms in total. The Labute approximate surface area is 83.9 Å². The number of nitriles is 2. The maximum Gasteiger partial charge on any atom is 0.174 e. The van der Waals surface area contributed by atoms with Gasteiger partial charge in [-0.3, -0.25) is 0 Å². The Morgan fingerprint density at radius 1 is 1.43 bits per heavy atom. The summed E-state index contributed by atoms with van der Waals surface area (Å²) in [6.45, 7) is 4.28. The van der Waals surface area contributed by atoms with E-state index >= 15 is 0 Å². The van der Waals surface area contributed by atoms with Crippen LogP contribution >= 0.6 is 0 Å². The Morgan fingerprint density at radius 3 is 2.57 bits per heavy atom. The highest BCUT2D eigenvalue weighted by Gasteiger charge is 2.01. The van der Waals surface area contributed by atoms with Crippen LogP contribution in [0, 0.1) is 22.7 Å². The van der Waals surface area contributed by atoms with Gasteiger partial charge in [0.15, 0.2) is 11.4 Å². The summed E-state index contributed by atoms with van der Waals surface area (Å²) in [5.74, 6) is 0. The number of hydrogen-bond donors (Lipinski definition) is 1. The summed E-state index contributed by atoms with van der Waals surface area (Å²) < 4.78 is 0. The van der Waals surface area contributed by atoms with Crippen molar-refractivity contribution in [1.29, 1.82) is 10.5 Å². The van der Waals surface area contributed by atoms with Gasteiger partial charge in [-0.2, -0.15) is 10.5 Å². The molecule has 0 saturated heterocycles. The molecule has 0 aliphatic carbocycles. The SMILES string of the molecule is CC=CC=N/C(C#N)=C(/C#N)NCC. The molecule has 1 N–H and O–H groups in total. The Bertz CT molecular complexity index is 336. The molecule has 0 heterocycles. The fraction of sp³-hybridized carbons (Fsp3) is 0.300. The fourth-order valence-electron chi connectivity index (χ4n) is 0.706. The zero-order chi connectivity index (χ0) is 10.8. The minimum atomic E-state index is 0.104. The van der Waals surface area contributed by atoms with Crippen molar-refractivity contribution in [3.63, 3.8) is 0 Å². The molecule has 0 aliphatic heterocycles. The number of nitrogens with zero attached hydrogens (tertiary/aromatic N) is 3. The Hall–Kier alpha value is -2.07. The van der Waals surface area contributed by atoms with E-state index in [4.69, 9.17) is 10.5 Å². The Balaban J connectivity index is 4.84. The lowest BCUT2D eigenvalue weighted by Crippen LogP contribution is -2.12. The van der Waals surface area contributed by atoms with Gasteiger partial charge in [0, 0.05) is 12.8 Å². The summed E-state index contributed by atoms with van der Waals surface area (Å²) in [7, 11) is 0. The molecule has 0 aromatic rings. The Kier molecular flexibility index (Phi) is 6.45. The first-order valence-electron chi connectivity index (χ1n) is 4.23. The van der Waals surface area contributed by atoms with Gasteiger partial charge in [0.05, 0.1) is 0 Å². The van der Waals surface area contributed by atoms with E-state index in [2.05, 4.69) is 10.3 Å². The number of aliphatic imine (C=N–C) groups is 1. The normalized spacial score (nSPS) is 12.3. The van der Waals surface area contributed by atoms with E-state index in [1.807, 2.05) is 26.0 Å². The Morgan fingerprint density at radius 2 is 2.14 bits per heavy atom. The van der Waals surface area contributed by atoms with Crippen LogP contribution in [0.4, 0.5) is 0 Å². The third-order valence-electron chi connectivity index (χ3n) is 1.29. The molecule has 72 valence electrons. The van der Waals surface area contributed by atoms with Crippen molar-refractivity contribution in [2.75, 3.05) is 6.54 Å². The maximum atomic E-state index is 8.72. The van der Waals surface area contributed by atoms with Gasteiger partial charge in [0.1, 0.15) is 12.1 Å². The molecule has 0 aliphatic rings. The minimum absolute atomic E-state index is 0.104. The first-order chi connectivity index (χ1) is 6.79. The van der Waals surface area contributed by atoms with Gasteiger partial charge in [-0.1, -0.05) is 6.08 Å². The third-order valence-corrected chi connectivity index (χ3v) is 1.29. The van der Waals surface area contributed by atoms with E-state index in [0.717, 1.165) is 0 Å². The van der Waals surface area contributed by atoms with Crippen LogP contribution in [0.25, 0.3) is 0 Å². The maximum absolute atomic E-state index is 8.72. The standard InChI is InChI=1S/C10H12N4/c1-3-5-6-14-10(8-12)9(7-11)13-4-2/h3,5-6,13H,4H2,1-2H3/b5-3?,10-9-,14-6?. The molecule has 0 unspecified atom stereocenters. The largest absolute Gasteiger partial charge is 0.374 e. The van der Waals surface area contributed by atoms with E-state index in [0.29, 0.717) is 6.54 Å². The number of nitrogens with one attached hydrogen (secondary N) is 1. The van der Waals surface area contributed by atoms with E-state index < -0.39 is 0 Å². The van der Waals surface area contributed by atoms with Gasteiger partial charge in [0.2, 0.25) is 0 Å². The van der Waals surface area contributed by atoms with Gasteiger partial charge >= 0.3 is 0 Å². The van der Waals surface area contributed by atoms with Crippen molar-refractivity contribution in [3.05, 3.63) is 23.5 Å². The summed E-state index contributed by atoms with van der Waals surface area (Å²) in [4.78, 5) is 3.84. The lowest BCUT2D eigenvalue weighted by molar-refractivity contribution is 0.871. The smallest absolute Gasteiger partial charge is 0.174 e. The molecule has 0 aromatic carbocycles. The van der Waals surface area contributed by atoms with Crippen molar-refractivity contribution in [2.45, 2.75) is 13.8 Å². The van der Waals surface area contributed by atoms with Crippen LogP contribution < -0.4 is 5.32 Å². The summed E-state index contributed by atoms with van der Waals surface area (Å²) in [5.41, 5.74) is 0.309. The van der Waals surface area contributed by atoms with Crippen molar-refractivity contribution in [3.8, 4) is 12.1 Å². The second-order valence-corrected chi connectivity index (χ2v) is 2.28. The first kappa shape index (κ1) is 11.9. The van der Waals surface area contributed by atoms with E-state index in [9.17, 15) is 0 Å². The third kappa shape index (κ3) is 4.08. The molecule has 14 heavy (non-hydrogen) atoms. The van der Waals surface area contributed by atoms with Crippen molar-refractivity contribution in [1.82, 2.24) is 5.32 Å². The van der Waals surface area contributed by atoms with E-state index in [1.54, 1.807) is 12.2 Å². The quantitative estimate of drug-likeness (QED) is 0.536. The van der Waals surface area contributed by atoms with Gasteiger partial charge in [-0.05, 0) is 19.9 Å². The lowest BCUT2D eigenvalue weighted by atomic mass is 10.3. The van der Waals surface area contributed by atoms with Crippen LogP contribution in [-0.4, -0.2) is 12.8 Å². The number of hydrogen-bond acceptors (Lipinski definition) is 4. The molecule has 0 saturated carbocycles. The van der Waals surface area contributed by atoms with Gasteiger partial charge < -0.3 is 5.32 Å². The first-order valence-corrected chi connectivity index (χ1v) is 4.23. The fourth-order valence-corrected chi connectivity index (χ4v) is 0.706. The number of rotatable bonds is 4. The molecule has 0 bridgehead atoms. The van der Waals surface area contributed by atoms with Crippen molar-refractivity contribution < 1.29 is 0 Å². The van der Waals surface area contributed by atoms with Gasteiger partial charge in [-0.15, -0.1) is 0 Å². The van der Waals surface area contributed by atoms with E-state index in [1.165, 1.54) is 6.21 Å². The zero-order valence-electron chi connectivity index (χ0n) is 8.28. The van der Waals surface area contributed by atoms with Crippen molar-refractivity contribution in [2.24, 2.45) is 4.99 Å². The summed E-state index contributed by atoms with van der Waals surface area (Å²) in [5, 5.41) is 20.2. The number of allylic oxidation sites excluding steroid dienone is 4. The van der Waals surface area contributed by atoms with Crippen LogP contribution in [0.5, 0.6) is 0 Å². The van der Waals surface area contributed by atoms with Crippen molar-refractivity contribution >= 4 is 6.21 Å². The molecule has 4 heteroatoms. The van der Waals surface area contributed by atoms with Crippen LogP contribution in [0.15, 0.2) is 28.5 Å². The zero-order valence-corrected chi connectivity index (χ0v) is 8.28. The monoisotopic (exact) mass is 188 g/mol. The average molecular weight is 188 g/mol. The summed E-state index contributed by atoms with van der Waals surface area (Å²) in [6.07, 6.45) is 4.96. The predicted molar refractivity (Wildman–Crippen MR) is 55.2 cm³/mol. The van der Waals surface area contributed by atoms with Crippen LogP contribution in [0.2, 0.25) is 0 Å². The molecule has 0 fully saturated rings. The molecular weight excluding hydrogens is 176 g/mol. The highest BCUT2D eigenvalue weighted by atomic mass is 14.9. The molecule has 0 atom stereocenters. The topological polar surface area (TPSA) is 72.0 Å². The molecule has 0 radical (unpaired) electrons. The van der Waals surface area contributed by atoms with E-state index in [-0.39, 0.29) is 11.4 Å². The summed E-state index contributed by atoms with van der Waals surface area (Å²) in [6, 6.07) is 3.75. The van der Waals surface area contributed by atoms with Crippen LogP contribution in [0.1, 0.15) is 13.8 Å². The summed E-state index contributed by atoms with van der Waals surface area (Å²) >= 11 is 0. The lowest BCUT2D eigenvalue weighted by Gasteiger charge is -1.98. The average Bonchev–Trinajstić information content (AvgIpc) is 2.22. The molecule has 0 aromatic heterocycles.